The maximum atomic E-state index is 11.8. The molecule has 3 nitrogen and oxygen atoms in total. The first kappa shape index (κ1) is 19.7. The van der Waals surface area contributed by atoms with Crippen molar-refractivity contribution in [1.82, 2.24) is 4.57 Å². The molecule has 30 heavy (non-hydrogen) atoms. The van der Waals surface area contributed by atoms with Gasteiger partial charge in [-0.25, -0.2) is 4.79 Å². The van der Waals surface area contributed by atoms with Gasteiger partial charge >= 0.3 is 5.97 Å². The number of hydrogen-bond donors (Lipinski definition) is 0. The standard InChI is InChI=1S/C27H25NO2/c1-3-30-26(29)18-20(2)23-14-15-25-24(19-23)16-17-28(25)27(21-10-6-4-7-11-21)22-12-8-5-9-13-22/h4-19,27H,3H2,1-2H3. The molecule has 0 bridgehead atoms. The largest absolute Gasteiger partial charge is 0.463 e. The van der Waals surface area contributed by atoms with Crippen molar-refractivity contribution in [3.8, 4) is 0 Å². The molecule has 0 unspecified atom stereocenters. The van der Waals surface area contributed by atoms with Crippen LogP contribution in [0.3, 0.4) is 0 Å². The lowest BCUT2D eigenvalue weighted by molar-refractivity contribution is -0.137. The van der Waals surface area contributed by atoms with E-state index in [-0.39, 0.29) is 12.0 Å². The van der Waals surface area contributed by atoms with Crippen LogP contribution in [0.5, 0.6) is 0 Å². The molecule has 1 aromatic heterocycles. The number of hydrogen-bond acceptors (Lipinski definition) is 2. The summed E-state index contributed by atoms with van der Waals surface area (Å²) in [6.45, 7) is 4.13. The molecule has 0 aliphatic heterocycles. The zero-order valence-electron chi connectivity index (χ0n) is 17.3. The molecule has 4 aromatic rings. The number of benzene rings is 3. The minimum Gasteiger partial charge on any atom is -0.463 e. The van der Waals surface area contributed by atoms with Gasteiger partial charge in [-0.2, -0.15) is 0 Å². The summed E-state index contributed by atoms with van der Waals surface area (Å²) in [5.74, 6) is -0.305. The van der Waals surface area contributed by atoms with E-state index in [1.807, 2.05) is 26.0 Å². The van der Waals surface area contributed by atoms with E-state index in [0.29, 0.717) is 6.61 Å². The lowest BCUT2D eigenvalue weighted by Crippen LogP contribution is -2.11. The van der Waals surface area contributed by atoms with Gasteiger partial charge in [0.25, 0.3) is 0 Å². The number of carbonyl (C=O) groups excluding carboxylic acids is 1. The van der Waals surface area contributed by atoms with Crippen molar-refractivity contribution >= 4 is 22.4 Å². The van der Waals surface area contributed by atoms with Crippen molar-refractivity contribution in [2.45, 2.75) is 19.9 Å². The molecule has 0 saturated carbocycles. The summed E-state index contributed by atoms with van der Waals surface area (Å²) in [4.78, 5) is 11.8. The number of esters is 1. The summed E-state index contributed by atoms with van der Waals surface area (Å²) in [5, 5.41) is 1.14. The number of carbonyl (C=O) groups is 1. The Bertz CT molecular complexity index is 1130. The molecule has 0 fully saturated rings. The first-order chi connectivity index (χ1) is 14.7. The topological polar surface area (TPSA) is 31.2 Å². The predicted octanol–water partition coefficient (Wildman–Crippen LogP) is 6.25. The zero-order chi connectivity index (χ0) is 20.9. The average molecular weight is 396 g/mol. The fraction of sp³-hybridized carbons (Fsp3) is 0.148. The highest BCUT2D eigenvalue weighted by atomic mass is 16.5. The number of nitrogens with zero attached hydrogens (tertiary/aromatic N) is 1. The maximum Gasteiger partial charge on any atom is 0.331 e. The fourth-order valence-electron chi connectivity index (χ4n) is 3.86. The highest BCUT2D eigenvalue weighted by molar-refractivity contribution is 5.93. The molecule has 0 saturated heterocycles. The first-order valence-corrected chi connectivity index (χ1v) is 10.2. The summed E-state index contributed by atoms with van der Waals surface area (Å²) in [6, 6.07) is 29.7. The molecular weight excluding hydrogens is 370 g/mol. The van der Waals surface area contributed by atoms with Crippen LogP contribution in [0.15, 0.2) is 97.2 Å². The van der Waals surface area contributed by atoms with E-state index in [4.69, 9.17) is 4.74 Å². The predicted molar refractivity (Wildman–Crippen MR) is 122 cm³/mol. The third-order valence-electron chi connectivity index (χ3n) is 5.31. The van der Waals surface area contributed by atoms with Gasteiger partial charge < -0.3 is 9.30 Å². The normalized spacial score (nSPS) is 11.8. The number of rotatable bonds is 6. The molecule has 0 aliphatic rings. The summed E-state index contributed by atoms with van der Waals surface area (Å²) >= 11 is 0. The van der Waals surface area contributed by atoms with E-state index in [1.54, 1.807) is 6.08 Å². The van der Waals surface area contributed by atoms with Gasteiger partial charge in [-0.05, 0) is 54.3 Å². The number of fused-ring (bicyclic) bond motifs is 1. The Hall–Kier alpha value is -3.59. The summed E-state index contributed by atoms with van der Waals surface area (Å²) in [7, 11) is 0. The van der Waals surface area contributed by atoms with Gasteiger partial charge in [-0.3, -0.25) is 0 Å². The third-order valence-corrected chi connectivity index (χ3v) is 5.31. The van der Waals surface area contributed by atoms with Crippen molar-refractivity contribution in [1.29, 1.82) is 0 Å². The molecule has 0 amide bonds. The van der Waals surface area contributed by atoms with Crippen LogP contribution in [0, 0.1) is 0 Å². The average Bonchev–Trinajstić information content (AvgIpc) is 3.18. The van der Waals surface area contributed by atoms with Gasteiger partial charge in [0.15, 0.2) is 0 Å². The van der Waals surface area contributed by atoms with E-state index in [2.05, 4.69) is 83.6 Å². The lowest BCUT2D eigenvalue weighted by Gasteiger charge is -2.21. The van der Waals surface area contributed by atoms with Crippen LogP contribution >= 0.6 is 0 Å². The van der Waals surface area contributed by atoms with Gasteiger partial charge in [0.05, 0.1) is 12.6 Å². The van der Waals surface area contributed by atoms with E-state index in [1.165, 1.54) is 11.1 Å². The molecule has 4 rings (SSSR count). The molecular formula is C27H25NO2. The van der Waals surface area contributed by atoms with E-state index in [9.17, 15) is 4.79 Å². The molecule has 0 radical (unpaired) electrons. The summed E-state index contributed by atoms with van der Waals surface area (Å²) in [5.41, 5.74) is 5.54. The molecule has 0 atom stereocenters. The zero-order valence-corrected chi connectivity index (χ0v) is 17.3. The first-order valence-electron chi connectivity index (χ1n) is 10.2. The van der Waals surface area contributed by atoms with Crippen molar-refractivity contribution in [3.63, 3.8) is 0 Å². The highest BCUT2D eigenvalue weighted by Crippen LogP contribution is 2.32. The maximum absolute atomic E-state index is 11.8. The molecule has 150 valence electrons. The van der Waals surface area contributed by atoms with Crippen LogP contribution in [0.2, 0.25) is 0 Å². The molecule has 0 spiro atoms. The Labute approximate surface area is 177 Å². The molecule has 3 heteroatoms. The van der Waals surface area contributed by atoms with Gasteiger partial charge in [-0.1, -0.05) is 66.7 Å². The SMILES string of the molecule is CCOC(=O)C=C(C)c1ccc2c(ccn2C(c2ccccc2)c2ccccc2)c1. The second kappa shape index (κ2) is 8.83. The Morgan fingerprint density at radius 1 is 0.933 bits per heavy atom. The van der Waals surface area contributed by atoms with Crippen molar-refractivity contribution in [2.24, 2.45) is 0 Å². The van der Waals surface area contributed by atoms with Crippen LogP contribution in [0.1, 0.15) is 36.6 Å². The van der Waals surface area contributed by atoms with Gasteiger partial charge in [0.1, 0.15) is 0 Å². The number of aromatic nitrogens is 1. The second-order valence-corrected chi connectivity index (χ2v) is 7.30. The van der Waals surface area contributed by atoms with Crippen molar-refractivity contribution in [3.05, 3.63) is 114 Å². The van der Waals surface area contributed by atoms with Crippen LogP contribution < -0.4 is 0 Å². The Morgan fingerprint density at radius 3 is 2.17 bits per heavy atom. The lowest BCUT2D eigenvalue weighted by atomic mass is 9.98. The van der Waals surface area contributed by atoms with Crippen LogP contribution in [-0.2, 0) is 9.53 Å². The van der Waals surface area contributed by atoms with E-state index < -0.39 is 0 Å². The molecule has 0 N–H and O–H groups in total. The second-order valence-electron chi connectivity index (χ2n) is 7.30. The Kier molecular flexibility index (Phi) is 5.80. The summed E-state index contributed by atoms with van der Waals surface area (Å²) < 4.78 is 7.35. The number of allylic oxidation sites excluding steroid dienone is 1. The van der Waals surface area contributed by atoms with Gasteiger partial charge in [0.2, 0.25) is 0 Å². The summed E-state index contributed by atoms with van der Waals surface area (Å²) in [6.07, 6.45) is 3.70. The highest BCUT2D eigenvalue weighted by Gasteiger charge is 2.18. The van der Waals surface area contributed by atoms with Crippen molar-refractivity contribution in [2.75, 3.05) is 6.61 Å². The molecule has 0 aliphatic carbocycles. The van der Waals surface area contributed by atoms with E-state index >= 15 is 0 Å². The van der Waals surface area contributed by atoms with Gasteiger partial charge in [0, 0.05) is 23.2 Å². The Balaban J connectivity index is 1.77. The van der Waals surface area contributed by atoms with Crippen molar-refractivity contribution < 1.29 is 9.53 Å². The fourth-order valence-corrected chi connectivity index (χ4v) is 3.86. The monoisotopic (exact) mass is 395 g/mol. The van der Waals surface area contributed by atoms with E-state index in [0.717, 1.165) is 22.0 Å². The molecule has 3 aromatic carbocycles. The van der Waals surface area contributed by atoms with Gasteiger partial charge in [-0.15, -0.1) is 0 Å². The van der Waals surface area contributed by atoms with Crippen LogP contribution in [0.4, 0.5) is 0 Å². The van der Waals surface area contributed by atoms with Crippen LogP contribution in [-0.4, -0.2) is 17.1 Å². The number of ether oxygens (including phenoxy) is 1. The molecule has 1 heterocycles. The third kappa shape index (κ3) is 4.06. The minimum atomic E-state index is -0.305. The quantitative estimate of drug-likeness (QED) is 0.286. The Morgan fingerprint density at radius 2 is 1.57 bits per heavy atom. The smallest absolute Gasteiger partial charge is 0.331 e. The minimum absolute atomic E-state index is 0.0897. The van der Waals surface area contributed by atoms with Crippen LogP contribution in [0.25, 0.3) is 16.5 Å².